The number of nitrogens with two attached hydrogens (primary N) is 1. The van der Waals surface area contributed by atoms with Crippen molar-refractivity contribution in [1.82, 2.24) is 0 Å². The zero-order chi connectivity index (χ0) is 10.6. The molecule has 4 nitrogen and oxygen atoms in total. The van der Waals surface area contributed by atoms with E-state index in [-0.39, 0.29) is 8.13 Å². The van der Waals surface area contributed by atoms with Crippen LogP contribution in [0, 0.1) is 0 Å². The molecule has 1 aromatic heterocycles. The van der Waals surface area contributed by atoms with Crippen LogP contribution in [0.5, 0.6) is 0 Å². The fourth-order valence-corrected chi connectivity index (χ4v) is 3.92. The Bertz CT molecular complexity index is 469. The Morgan fingerprint density at radius 3 is 2.64 bits per heavy atom. The average molecular weight is 345 g/mol. The second-order valence-corrected chi connectivity index (χ2v) is 7.50. The molecular weight excluding hydrogens is 337 g/mol. The van der Waals surface area contributed by atoms with Crippen LogP contribution in [0.25, 0.3) is 0 Å². The average Bonchev–Trinajstić information content (AvgIpc) is 2.52. The zero-order valence-electron chi connectivity index (χ0n) is 6.97. The summed E-state index contributed by atoms with van der Waals surface area (Å²) >= 11 is 3.19. The Labute approximate surface area is 99.3 Å². The second kappa shape index (κ2) is 3.14. The van der Waals surface area contributed by atoms with Gasteiger partial charge in [0.05, 0.1) is 0 Å². The molecular formula is C7H8INO3S2. The number of hydrogen-bond donors (Lipinski definition) is 2. The lowest BCUT2D eigenvalue weighted by atomic mass is 10.2. The van der Waals surface area contributed by atoms with Gasteiger partial charge in [0, 0.05) is 3.92 Å². The van der Waals surface area contributed by atoms with Gasteiger partial charge in [0.2, 0.25) is 10.0 Å². The standard InChI is InChI=1S/C7H8INO3S2/c8-5-2-7(5,10)4-1-6(13-3-4)14(9,11)12/h1,3,5,10H,2H2,(H2,9,11,12). The van der Waals surface area contributed by atoms with Crippen LogP contribution >= 0.6 is 33.9 Å². The Hall–Kier alpha value is 0.300. The largest absolute Gasteiger partial charge is 0.384 e. The Balaban J connectivity index is 2.37. The van der Waals surface area contributed by atoms with Crippen molar-refractivity contribution in [2.45, 2.75) is 20.2 Å². The summed E-state index contributed by atoms with van der Waals surface area (Å²) in [5, 5.41) is 16.5. The third kappa shape index (κ3) is 1.71. The minimum atomic E-state index is -3.63. The number of thiophene rings is 1. The van der Waals surface area contributed by atoms with E-state index in [9.17, 15) is 13.5 Å². The van der Waals surface area contributed by atoms with Crippen molar-refractivity contribution in [3.8, 4) is 0 Å². The van der Waals surface area contributed by atoms with Crippen molar-refractivity contribution in [3.05, 3.63) is 17.0 Å². The molecule has 1 aliphatic carbocycles. The highest BCUT2D eigenvalue weighted by Gasteiger charge is 2.53. The van der Waals surface area contributed by atoms with Gasteiger partial charge in [-0.15, -0.1) is 11.3 Å². The highest BCUT2D eigenvalue weighted by molar-refractivity contribution is 14.1. The number of halogens is 1. The van der Waals surface area contributed by atoms with Crippen LogP contribution < -0.4 is 5.14 Å². The van der Waals surface area contributed by atoms with E-state index in [2.05, 4.69) is 22.6 Å². The van der Waals surface area contributed by atoms with Crippen molar-refractivity contribution < 1.29 is 13.5 Å². The van der Waals surface area contributed by atoms with Crippen LogP contribution in [0.15, 0.2) is 15.7 Å². The minimum Gasteiger partial charge on any atom is -0.384 e. The molecule has 2 rings (SSSR count). The molecule has 0 aromatic carbocycles. The first-order valence-corrected chi connectivity index (χ1v) is 7.49. The highest BCUT2D eigenvalue weighted by Crippen LogP contribution is 2.52. The number of alkyl halides is 1. The maximum atomic E-state index is 11.0. The normalized spacial score (nSPS) is 31.8. The van der Waals surface area contributed by atoms with Gasteiger partial charge in [-0.1, -0.05) is 22.6 Å². The molecule has 78 valence electrons. The lowest BCUT2D eigenvalue weighted by molar-refractivity contribution is 0.155. The molecule has 0 spiro atoms. The molecule has 14 heavy (non-hydrogen) atoms. The summed E-state index contributed by atoms with van der Waals surface area (Å²) in [6, 6.07) is 1.46. The van der Waals surface area contributed by atoms with E-state index in [1.54, 1.807) is 5.38 Å². The van der Waals surface area contributed by atoms with Crippen molar-refractivity contribution in [3.63, 3.8) is 0 Å². The van der Waals surface area contributed by atoms with Crippen LogP contribution in [-0.2, 0) is 15.6 Å². The zero-order valence-corrected chi connectivity index (χ0v) is 10.8. The second-order valence-electron chi connectivity index (χ2n) is 3.30. The van der Waals surface area contributed by atoms with E-state index in [4.69, 9.17) is 5.14 Å². The van der Waals surface area contributed by atoms with Gasteiger partial charge >= 0.3 is 0 Å². The summed E-state index contributed by atoms with van der Waals surface area (Å²) in [5.74, 6) is 0. The predicted molar refractivity (Wildman–Crippen MR) is 62.0 cm³/mol. The van der Waals surface area contributed by atoms with Gasteiger partial charge in [-0.25, -0.2) is 13.6 Å². The van der Waals surface area contributed by atoms with E-state index in [0.29, 0.717) is 12.0 Å². The summed E-state index contributed by atoms with van der Waals surface area (Å²) in [4.78, 5) is 0. The number of primary sulfonamides is 1. The summed E-state index contributed by atoms with van der Waals surface area (Å²) in [5.41, 5.74) is -0.175. The molecule has 2 unspecified atom stereocenters. The molecule has 2 atom stereocenters. The quantitative estimate of drug-likeness (QED) is 0.614. The van der Waals surface area contributed by atoms with Crippen LogP contribution in [0.1, 0.15) is 12.0 Å². The van der Waals surface area contributed by atoms with Gasteiger partial charge < -0.3 is 5.11 Å². The molecule has 0 aliphatic heterocycles. The molecule has 1 heterocycles. The first kappa shape index (κ1) is 10.8. The molecule has 0 radical (unpaired) electrons. The minimum absolute atomic E-state index is 0.108. The van der Waals surface area contributed by atoms with Crippen LogP contribution in [0.3, 0.4) is 0 Å². The fraction of sp³-hybridized carbons (Fsp3) is 0.429. The van der Waals surface area contributed by atoms with Crippen molar-refractivity contribution in [1.29, 1.82) is 0 Å². The van der Waals surface area contributed by atoms with Crippen LogP contribution in [-0.4, -0.2) is 17.4 Å². The highest BCUT2D eigenvalue weighted by atomic mass is 127. The van der Waals surface area contributed by atoms with Gasteiger partial charge in [0.25, 0.3) is 0 Å². The topological polar surface area (TPSA) is 80.4 Å². The molecule has 1 fully saturated rings. The Morgan fingerprint density at radius 1 is 1.71 bits per heavy atom. The number of hydrogen-bond acceptors (Lipinski definition) is 4. The summed E-state index contributed by atoms with van der Waals surface area (Å²) in [7, 11) is -3.63. The number of aliphatic hydroxyl groups is 1. The van der Waals surface area contributed by atoms with E-state index >= 15 is 0 Å². The molecule has 1 aromatic rings. The van der Waals surface area contributed by atoms with Gasteiger partial charge in [-0.05, 0) is 23.4 Å². The molecule has 1 saturated carbocycles. The SMILES string of the molecule is NS(=O)(=O)c1cc(C2(O)CC2I)cs1. The van der Waals surface area contributed by atoms with Crippen molar-refractivity contribution in [2.75, 3.05) is 0 Å². The molecule has 0 bridgehead atoms. The Kier molecular flexibility index (Phi) is 2.43. The molecule has 3 N–H and O–H groups in total. The van der Waals surface area contributed by atoms with Gasteiger partial charge in [-0.3, -0.25) is 0 Å². The van der Waals surface area contributed by atoms with Crippen LogP contribution in [0.4, 0.5) is 0 Å². The molecule has 0 saturated heterocycles. The van der Waals surface area contributed by atoms with Crippen molar-refractivity contribution in [2.24, 2.45) is 5.14 Å². The summed E-state index contributed by atoms with van der Waals surface area (Å²) in [6.07, 6.45) is 0.675. The number of rotatable bonds is 2. The fourth-order valence-electron chi connectivity index (χ4n) is 1.21. The lowest BCUT2D eigenvalue weighted by Crippen LogP contribution is -2.11. The van der Waals surface area contributed by atoms with E-state index in [0.717, 1.165) is 11.3 Å². The maximum Gasteiger partial charge on any atom is 0.247 e. The van der Waals surface area contributed by atoms with Crippen molar-refractivity contribution >= 4 is 44.0 Å². The first-order chi connectivity index (χ1) is 6.34. The molecule has 0 amide bonds. The summed E-state index contributed by atoms with van der Waals surface area (Å²) in [6.45, 7) is 0. The molecule has 7 heteroatoms. The van der Waals surface area contributed by atoms with Crippen LogP contribution in [0.2, 0.25) is 0 Å². The maximum absolute atomic E-state index is 11.0. The van der Waals surface area contributed by atoms with Gasteiger partial charge in [0.1, 0.15) is 9.81 Å². The third-order valence-electron chi connectivity index (χ3n) is 2.20. The smallest absolute Gasteiger partial charge is 0.247 e. The predicted octanol–water partition coefficient (Wildman–Crippen LogP) is 0.790. The monoisotopic (exact) mass is 345 g/mol. The third-order valence-corrected chi connectivity index (χ3v) is 6.06. The number of sulfonamides is 1. The van der Waals surface area contributed by atoms with E-state index < -0.39 is 15.6 Å². The van der Waals surface area contributed by atoms with E-state index in [1.807, 2.05) is 0 Å². The Morgan fingerprint density at radius 2 is 2.29 bits per heavy atom. The van der Waals surface area contributed by atoms with E-state index in [1.165, 1.54) is 6.07 Å². The summed E-state index contributed by atoms with van der Waals surface area (Å²) < 4.78 is 22.2. The van der Waals surface area contributed by atoms with Gasteiger partial charge in [-0.2, -0.15) is 0 Å². The van der Waals surface area contributed by atoms with Gasteiger partial charge in [0.15, 0.2) is 0 Å². The first-order valence-electron chi connectivity index (χ1n) is 3.82. The lowest BCUT2D eigenvalue weighted by Gasteiger charge is -2.03. The molecule has 1 aliphatic rings.